The predicted molar refractivity (Wildman–Crippen MR) is 113 cm³/mol. The Bertz CT molecular complexity index is 396. The first kappa shape index (κ1) is 22.0. The minimum atomic E-state index is 0.858. The molecule has 0 atom stereocenters. The highest BCUT2D eigenvalue weighted by Gasteiger charge is 1.94. The van der Waals surface area contributed by atoms with Gasteiger partial charge in [-0.2, -0.15) is 0 Å². The molecule has 2 N–H and O–H groups in total. The number of allylic oxidation sites excluding steroid dienone is 2. The summed E-state index contributed by atoms with van der Waals surface area (Å²) in [6, 6.07) is 10.9. The van der Waals surface area contributed by atoms with Crippen LogP contribution >= 0.6 is 0 Å². The molecule has 0 spiro atoms. The predicted octanol–water partition coefficient (Wildman–Crippen LogP) is 7.21. The summed E-state index contributed by atoms with van der Waals surface area (Å²) in [7, 11) is 0. The third-order valence-electron chi connectivity index (χ3n) is 4.92. The zero-order chi connectivity index (χ0) is 17.8. The quantitative estimate of drug-likeness (QED) is 0.235. The average molecular weight is 344 g/mol. The van der Waals surface area contributed by atoms with Crippen molar-refractivity contribution in [1.29, 1.82) is 0 Å². The van der Waals surface area contributed by atoms with Crippen molar-refractivity contribution < 1.29 is 0 Å². The maximum Gasteiger partial charge on any atom is -0.00773 e. The van der Waals surface area contributed by atoms with Gasteiger partial charge in [0.1, 0.15) is 0 Å². The lowest BCUT2D eigenvalue weighted by atomic mass is 10.0. The average Bonchev–Trinajstić information content (AvgIpc) is 2.65. The van der Waals surface area contributed by atoms with Gasteiger partial charge in [0.05, 0.1) is 0 Å². The highest BCUT2D eigenvalue weighted by atomic mass is 14.5. The summed E-state index contributed by atoms with van der Waals surface area (Å²) in [5.74, 6) is 0. The van der Waals surface area contributed by atoms with Gasteiger partial charge in [0.2, 0.25) is 0 Å². The topological polar surface area (TPSA) is 26.0 Å². The van der Waals surface area contributed by atoms with Gasteiger partial charge < -0.3 is 5.73 Å². The standard InChI is InChI=1S/C24H41N/c25-23-19-14-12-10-8-6-4-2-1-3-5-7-9-11-13-16-20-24-21-17-15-18-22-24/h1-2,15,17-18,21-22H,3-14,16,19-20,23,25H2/b2-1-. The van der Waals surface area contributed by atoms with E-state index in [1.807, 2.05) is 0 Å². The van der Waals surface area contributed by atoms with Crippen molar-refractivity contribution in [3.8, 4) is 0 Å². The summed E-state index contributed by atoms with van der Waals surface area (Å²) in [6.07, 6.45) is 24.9. The number of rotatable bonds is 17. The van der Waals surface area contributed by atoms with Gasteiger partial charge in [0.15, 0.2) is 0 Å². The van der Waals surface area contributed by atoms with E-state index in [0.29, 0.717) is 0 Å². The molecule has 0 heterocycles. The molecule has 0 aromatic heterocycles. The smallest absolute Gasteiger partial charge is 0.00773 e. The van der Waals surface area contributed by atoms with Crippen molar-refractivity contribution in [3.05, 3.63) is 48.0 Å². The summed E-state index contributed by atoms with van der Waals surface area (Å²) in [5.41, 5.74) is 6.99. The van der Waals surface area contributed by atoms with Crippen molar-refractivity contribution >= 4 is 0 Å². The Morgan fingerprint density at radius 2 is 1.04 bits per heavy atom. The summed E-state index contributed by atoms with van der Waals surface area (Å²) < 4.78 is 0. The molecule has 0 aliphatic carbocycles. The van der Waals surface area contributed by atoms with Crippen LogP contribution in [0.4, 0.5) is 0 Å². The summed E-state index contributed by atoms with van der Waals surface area (Å²) in [5, 5.41) is 0. The van der Waals surface area contributed by atoms with Crippen molar-refractivity contribution in [2.75, 3.05) is 6.54 Å². The molecule has 0 aliphatic heterocycles. The normalized spacial score (nSPS) is 11.4. The van der Waals surface area contributed by atoms with E-state index in [4.69, 9.17) is 5.73 Å². The van der Waals surface area contributed by atoms with Crippen LogP contribution in [0.2, 0.25) is 0 Å². The highest BCUT2D eigenvalue weighted by Crippen LogP contribution is 2.11. The van der Waals surface area contributed by atoms with Gasteiger partial charge in [-0.05, 0) is 57.1 Å². The van der Waals surface area contributed by atoms with Crippen LogP contribution in [0, 0.1) is 0 Å². The Morgan fingerprint density at radius 1 is 0.560 bits per heavy atom. The van der Waals surface area contributed by atoms with Crippen molar-refractivity contribution in [2.45, 2.75) is 96.3 Å². The molecule has 0 bridgehead atoms. The maximum atomic E-state index is 5.50. The Hall–Kier alpha value is -1.08. The zero-order valence-electron chi connectivity index (χ0n) is 16.4. The van der Waals surface area contributed by atoms with E-state index < -0.39 is 0 Å². The third kappa shape index (κ3) is 14.9. The Labute approximate surface area is 157 Å². The fourth-order valence-electron chi connectivity index (χ4n) is 3.29. The van der Waals surface area contributed by atoms with Gasteiger partial charge in [0.25, 0.3) is 0 Å². The largest absolute Gasteiger partial charge is 0.330 e. The molecule has 0 aliphatic rings. The lowest BCUT2D eigenvalue weighted by Gasteiger charge is -2.02. The lowest BCUT2D eigenvalue weighted by molar-refractivity contribution is 0.594. The number of aryl methyl sites for hydroxylation is 1. The first-order valence-electron chi connectivity index (χ1n) is 10.8. The number of nitrogens with two attached hydrogens (primary N) is 1. The summed E-state index contributed by atoms with van der Waals surface area (Å²) >= 11 is 0. The third-order valence-corrected chi connectivity index (χ3v) is 4.92. The monoisotopic (exact) mass is 343 g/mol. The van der Waals surface area contributed by atoms with E-state index >= 15 is 0 Å². The van der Waals surface area contributed by atoms with Crippen LogP contribution in [-0.2, 0) is 6.42 Å². The Kier molecular flexibility index (Phi) is 15.6. The van der Waals surface area contributed by atoms with E-state index in [9.17, 15) is 0 Å². The number of hydrogen-bond donors (Lipinski definition) is 1. The molecular weight excluding hydrogens is 302 g/mol. The molecule has 0 fully saturated rings. The molecule has 0 amide bonds. The van der Waals surface area contributed by atoms with E-state index in [0.717, 1.165) is 6.54 Å². The highest BCUT2D eigenvalue weighted by molar-refractivity contribution is 5.14. The Balaban J connectivity index is 1.75. The first-order valence-corrected chi connectivity index (χ1v) is 10.8. The molecular formula is C24H41N. The molecule has 142 valence electrons. The van der Waals surface area contributed by atoms with Crippen molar-refractivity contribution in [2.24, 2.45) is 5.73 Å². The molecule has 0 saturated heterocycles. The van der Waals surface area contributed by atoms with Gasteiger partial charge >= 0.3 is 0 Å². The lowest BCUT2D eigenvalue weighted by Crippen LogP contribution is -1.97. The number of benzene rings is 1. The fourth-order valence-corrected chi connectivity index (χ4v) is 3.29. The molecule has 25 heavy (non-hydrogen) atoms. The van der Waals surface area contributed by atoms with Crippen molar-refractivity contribution in [3.63, 3.8) is 0 Å². The van der Waals surface area contributed by atoms with Crippen LogP contribution in [0.5, 0.6) is 0 Å². The first-order chi connectivity index (χ1) is 12.4. The van der Waals surface area contributed by atoms with E-state index in [1.165, 1.54) is 102 Å². The second-order valence-corrected chi connectivity index (χ2v) is 7.32. The molecule has 0 unspecified atom stereocenters. The van der Waals surface area contributed by atoms with Gasteiger partial charge in [-0.15, -0.1) is 0 Å². The van der Waals surface area contributed by atoms with Crippen LogP contribution in [0.15, 0.2) is 42.5 Å². The van der Waals surface area contributed by atoms with Gasteiger partial charge in [-0.3, -0.25) is 0 Å². The van der Waals surface area contributed by atoms with Gasteiger partial charge in [-0.1, -0.05) is 93.9 Å². The van der Waals surface area contributed by atoms with Crippen LogP contribution in [0.25, 0.3) is 0 Å². The molecule has 1 aromatic carbocycles. The Morgan fingerprint density at radius 3 is 1.60 bits per heavy atom. The van der Waals surface area contributed by atoms with Crippen molar-refractivity contribution in [1.82, 2.24) is 0 Å². The van der Waals surface area contributed by atoms with E-state index in [-0.39, 0.29) is 0 Å². The fraction of sp³-hybridized carbons (Fsp3) is 0.667. The van der Waals surface area contributed by atoms with Crippen LogP contribution < -0.4 is 5.73 Å². The van der Waals surface area contributed by atoms with Crippen LogP contribution in [-0.4, -0.2) is 6.54 Å². The van der Waals surface area contributed by atoms with Gasteiger partial charge in [-0.25, -0.2) is 0 Å². The second kappa shape index (κ2) is 17.7. The zero-order valence-corrected chi connectivity index (χ0v) is 16.4. The maximum absolute atomic E-state index is 5.50. The second-order valence-electron chi connectivity index (χ2n) is 7.32. The summed E-state index contributed by atoms with van der Waals surface area (Å²) in [6.45, 7) is 0.858. The SMILES string of the molecule is NCCCCCCCC/C=C\CCCCCCCCc1ccccc1. The van der Waals surface area contributed by atoms with E-state index in [1.54, 1.807) is 0 Å². The molecule has 1 rings (SSSR count). The van der Waals surface area contributed by atoms with E-state index in [2.05, 4.69) is 42.5 Å². The molecule has 0 radical (unpaired) electrons. The molecule has 1 aromatic rings. The minimum Gasteiger partial charge on any atom is -0.330 e. The molecule has 1 heteroatoms. The molecule has 0 saturated carbocycles. The van der Waals surface area contributed by atoms with Crippen LogP contribution in [0.1, 0.15) is 95.5 Å². The molecule has 1 nitrogen and oxygen atoms in total. The van der Waals surface area contributed by atoms with Gasteiger partial charge in [0, 0.05) is 0 Å². The number of hydrogen-bond acceptors (Lipinski definition) is 1. The summed E-state index contributed by atoms with van der Waals surface area (Å²) in [4.78, 5) is 0. The van der Waals surface area contributed by atoms with Crippen LogP contribution in [0.3, 0.4) is 0 Å². The minimum absolute atomic E-state index is 0.858. The number of unbranched alkanes of at least 4 members (excludes halogenated alkanes) is 12.